The first kappa shape index (κ1) is 15.6. The normalized spacial score (nSPS) is 10.3. The summed E-state index contributed by atoms with van der Waals surface area (Å²) < 4.78 is 11.9. The topological polar surface area (TPSA) is 35.5 Å². The highest BCUT2D eigenvalue weighted by molar-refractivity contribution is 9.10. The van der Waals surface area contributed by atoms with Crippen molar-refractivity contribution in [3.8, 4) is 11.5 Å². The summed E-state index contributed by atoms with van der Waals surface area (Å²) in [5.41, 5.74) is 2.80. The van der Waals surface area contributed by atoms with Gasteiger partial charge in [-0.25, -0.2) is 4.79 Å². The van der Waals surface area contributed by atoms with Gasteiger partial charge in [-0.2, -0.15) is 0 Å². The molecule has 4 heteroatoms. The van der Waals surface area contributed by atoms with E-state index in [4.69, 9.17) is 9.47 Å². The summed E-state index contributed by atoms with van der Waals surface area (Å²) in [4.78, 5) is 11.9. The molecule has 0 aliphatic carbocycles. The van der Waals surface area contributed by atoms with Crippen LogP contribution in [0.15, 0.2) is 40.9 Å². The quantitative estimate of drug-likeness (QED) is 0.608. The molecule has 0 aromatic heterocycles. The lowest BCUT2D eigenvalue weighted by Gasteiger charge is -2.12. The molecule has 0 N–H and O–H groups in total. The zero-order valence-corrected chi connectivity index (χ0v) is 13.9. The van der Waals surface area contributed by atoms with Gasteiger partial charge in [-0.05, 0) is 55.7 Å². The number of benzene rings is 2. The van der Waals surface area contributed by atoms with Gasteiger partial charge in [-0.15, -0.1) is 0 Å². The second kappa shape index (κ2) is 6.76. The van der Waals surface area contributed by atoms with Crippen LogP contribution in [-0.2, 0) is 4.79 Å². The lowest BCUT2D eigenvalue weighted by atomic mass is 10.1. The standard InChI is InChI=1S/C17H17BrO3/c1-11-6-4-5-7-15(11)20-10-16(19)21-17-12(2)8-14(18)9-13(17)3/h4-9H,10H2,1-3H3. The summed E-state index contributed by atoms with van der Waals surface area (Å²) in [5.74, 6) is 0.877. The van der Waals surface area contributed by atoms with Gasteiger partial charge in [0.25, 0.3) is 0 Å². The third-order valence-corrected chi connectivity index (χ3v) is 3.54. The number of carbonyl (C=O) groups is 1. The van der Waals surface area contributed by atoms with Crippen molar-refractivity contribution in [3.63, 3.8) is 0 Å². The van der Waals surface area contributed by atoms with Gasteiger partial charge in [0, 0.05) is 4.47 Å². The predicted molar refractivity (Wildman–Crippen MR) is 85.9 cm³/mol. The van der Waals surface area contributed by atoms with Crippen LogP contribution in [0.5, 0.6) is 11.5 Å². The van der Waals surface area contributed by atoms with Crippen LogP contribution in [0.3, 0.4) is 0 Å². The van der Waals surface area contributed by atoms with E-state index in [1.807, 2.05) is 57.2 Å². The molecule has 0 saturated heterocycles. The lowest BCUT2D eigenvalue weighted by molar-refractivity contribution is -0.136. The molecule has 2 aromatic carbocycles. The van der Waals surface area contributed by atoms with Gasteiger partial charge in [0.1, 0.15) is 11.5 Å². The first-order chi connectivity index (χ1) is 9.97. The van der Waals surface area contributed by atoms with E-state index in [0.29, 0.717) is 11.5 Å². The van der Waals surface area contributed by atoms with Gasteiger partial charge in [-0.3, -0.25) is 0 Å². The fourth-order valence-corrected chi connectivity index (χ4v) is 2.74. The molecule has 2 aromatic rings. The number of para-hydroxylation sites is 1. The molecule has 21 heavy (non-hydrogen) atoms. The number of hydrogen-bond acceptors (Lipinski definition) is 3. The number of rotatable bonds is 4. The molecule has 0 unspecified atom stereocenters. The van der Waals surface area contributed by atoms with E-state index in [2.05, 4.69) is 15.9 Å². The van der Waals surface area contributed by atoms with Gasteiger partial charge in [0.2, 0.25) is 0 Å². The van der Waals surface area contributed by atoms with Crippen LogP contribution >= 0.6 is 15.9 Å². The maximum Gasteiger partial charge on any atom is 0.349 e. The number of aryl methyl sites for hydroxylation is 3. The second-order valence-electron chi connectivity index (χ2n) is 4.90. The summed E-state index contributed by atoms with van der Waals surface area (Å²) in [7, 11) is 0. The Hall–Kier alpha value is -1.81. The molecular weight excluding hydrogens is 332 g/mol. The van der Waals surface area contributed by atoms with Crippen molar-refractivity contribution >= 4 is 21.9 Å². The Morgan fingerprint density at radius 3 is 2.29 bits per heavy atom. The molecule has 2 rings (SSSR count). The Morgan fingerprint density at radius 1 is 1.05 bits per heavy atom. The van der Waals surface area contributed by atoms with Crippen molar-refractivity contribution in [1.82, 2.24) is 0 Å². The van der Waals surface area contributed by atoms with Crippen LogP contribution in [0.2, 0.25) is 0 Å². The van der Waals surface area contributed by atoms with Crippen LogP contribution in [-0.4, -0.2) is 12.6 Å². The largest absolute Gasteiger partial charge is 0.482 e. The van der Waals surface area contributed by atoms with Crippen LogP contribution in [0.4, 0.5) is 0 Å². The molecule has 0 atom stereocenters. The van der Waals surface area contributed by atoms with Crippen molar-refractivity contribution in [1.29, 1.82) is 0 Å². The minimum Gasteiger partial charge on any atom is -0.482 e. The summed E-state index contributed by atoms with van der Waals surface area (Å²) >= 11 is 3.42. The highest BCUT2D eigenvalue weighted by Gasteiger charge is 2.12. The third kappa shape index (κ3) is 4.08. The number of esters is 1. The van der Waals surface area contributed by atoms with Gasteiger partial charge < -0.3 is 9.47 Å². The number of halogens is 1. The highest BCUT2D eigenvalue weighted by atomic mass is 79.9. The Labute approximate surface area is 133 Å². The average molecular weight is 349 g/mol. The molecule has 0 amide bonds. The summed E-state index contributed by atoms with van der Waals surface area (Å²) in [5, 5.41) is 0. The second-order valence-corrected chi connectivity index (χ2v) is 5.81. The van der Waals surface area contributed by atoms with E-state index in [1.54, 1.807) is 0 Å². The van der Waals surface area contributed by atoms with E-state index in [-0.39, 0.29) is 6.61 Å². The van der Waals surface area contributed by atoms with Gasteiger partial charge >= 0.3 is 5.97 Å². The smallest absolute Gasteiger partial charge is 0.349 e. The van der Waals surface area contributed by atoms with Crippen LogP contribution in [0.25, 0.3) is 0 Å². The van der Waals surface area contributed by atoms with Gasteiger partial charge in [-0.1, -0.05) is 34.1 Å². The molecule has 110 valence electrons. The number of hydrogen-bond donors (Lipinski definition) is 0. The van der Waals surface area contributed by atoms with Crippen molar-refractivity contribution in [3.05, 3.63) is 57.6 Å². The fourth-order valence-electron chi connectivity index (χ4n) is 2.06. The van der Waals surface area contributed by atoms with Crippen molar-refractivity contribution < 1.29 is 14.3 Å². The number of carbonyl (C=O) groups excluding carboxylic acids is 1. The van der Waals surface area contributed by atoms with E-state index < -0.39 is 5.97 Å². The van der Waals surface area contributed by atoms with E-state index in [1.165, 1.54) is 0 Å². The molecule has 0 radical (unpaired) electrons. The highest BCUT2D eigenvalue weighted by Crippen LogP contribution is 2.27. The van der Waals surface area contributed by atoms with Crippen molar-refractivity contribution in [2.75, 3.05) is 6.61 Å². The first-order valence-electron chi connectivity index (χ1n) is 6.63. The predicted octanol–water partition coefficient (Wildman–Crippen LogP) is 4.36. The molecule has 3 nitrogen and oxygen atoms in total. The molecule has 0 spiro atoms. The Bertz CT molecular complexity index is 642. The molecule has 0 saturated carbocycles. The van der Waals surface area contributed by atoms with Gasteiger partial charge in [0.15, 0.2) is 6.61 Å². The SMILES string of the molecule is Cc1ccccc1OCC(=O)Oc1c(C)cc(Br)cc1C. The molecule has 0 heterocycles. The summed E-state index contributed by atoms with van der Waals surface area (Å²) in [6, 6.07) is 11.4. The summed E-state index contributed by atoms with van der Waals surface area (Å²) in [6.07, 6.45) is 0. The van der Waals surface area contributed by atoms with Crippen LogP contribution in [0, 0.1) is 20.8 Å². The maximum atomic E-state index is 11.9. The molecule has 0 bridgehead atoms. The minimum atomic E-state index is -0.410. The zero-order chi connectivity index (χ0) is 15.4. The average Bonchev–Trinajstić information content (AvgIpc) is 2.42. The van der Waals surface area contributed by atoms with E-state index >= 15 is 0 Å². The Balaban J connectivity index is 2.01. The first-order valence-corrected chi connectivity index (χ1v) is 7.42. The van der Waals surface area contributed by atoms with E-state index in [9.17, 15) is 4.79 Å². The van der Waals surface area contributed by atoms with Crippen LogP contribution in [0.1, 0.15) is 16.7 Å². The number of ether oxygens (including phenoxy) is 2. The Kier molecular flexibility index (Phi) is 5.02. The molecule has 0 fully saturated rings. The van der Waals surface area contributed by atoms with E-state index in [0.717, 1.165) is 21.2 Å². The lowest BCUT2D eigenvalue weighted by Crippen LogP contribution is -2.19. The Morgan fingerprint density at radius 2 is 1.67 bits per heavy atom. The van der Waals surface area contributed by atoms with Crippen molar-refractivity contribution in [2.24, 2.45) is 0 Å². The molecule has 0 aliphatic heterocycles. The van der Waals surface area contributed by atoms with Gasteiger partial charge in [0.05, 0.1) is 0 Å². The fraction of sp³-hybridized carbons (Fsp3) is 0.235. The summed E-state index contributed by atoms with van der Waals surface area (Å²) in [6.45, 7) is 5.63. The van der Waals surface area contributed by atoms with Crippen molar-refractivity contribution in [2.45, 2.75) is 20.8 Å². The maximum absolute atomic E-state index is 11.9. The molecule has 0 aliphatic rings. The van der Waals surface area contributed by atoms with Crippen LogP contribution < -0.4 is 9.47 Å². The molecular formula is C17H17BrO3. The monoisotopic (exact) mass is 348 g/mol. The third-order valence-electron chi connectivity index (χ3n) is 3.08. The zero-order valence-electron chi connectivity index (χ0n) is 12.3. The minimum absolute atomic E-state index is 0.111.